The third-order valence-corrected chi connectivity index (χ3v) is 2.72. The summed E-state index contributed by atoms with van der Waals surface area (Å²) >= 11 is 0. The second kappa shape index (κ2) is 3.92. The van der Waals surface area contributed by atoms with Crippen molar-refractivity contribution < 1.29 is 4.74 Å². The number of fused-ring (bicyclic) bond motifs is 1. The van der Waals surface area contributed by atoms with Gasteiger partial charge in [0.2, 0.25) is 0 Å². The van der Waals surface area contributed by atoms with Crippen molar-refractivity contribution in [1.29, 1.82) is 0 Å². The largest absolute Gasteiger partial charge is 0.493 e. The van der Waals surface area contributed by atoms with Crippen LogP contribution >= 0.6 is 0 Å². The lowest BCUT2D eigenvalue weighted by Gasteiger charge is -2.14. The number of hydrogen-bond donors (Lipinski definition) is 0. The highest BCUT2D eigenvalue weighted by atomic mass is 16.5. The average molecular weight is 215 g/mol. The Labute approximate surface area is 93.0 Å². The molecule has 0 bridgehead atoms. The van der Waals surface area contributed by atoms with Crippen molar-refractivity contribution in [3.05, 3.63) is 36.2 Å². The van der Waals surface area contributed by atoms with Crippen molar-refractivity contribution >= 4 is 0 Å². The molecular weight excluding hydrogens is 204 g/mol. The first-order valence-electron chi connectivity index (χ1n) is 5.31. The van der Waals surface area contributed by atoms with Crippen LogP contribution in [0, 0.1) is 6.07 Å². The van der Waals surface area contributed by atoms with Crippen LogP contribution in [0.1, 0.15) is 24.4 Å². The van der Waals surface area contributed by atoms with Crippen molar-refractivity contribution in [2.24, 2.45) is 0 Å². The van der Waals surface area contributed by atoms with Gasteiger partial charge in [-0.3, -0.25) is 0 Å². The lowest BCUT2D eigenvalue weighted by Crippen LogP contribution is -2.13. The van der Waals surface area contributed by atoms with Gasteiger partial charge >= 0.3 is 0 Å². The first kappa shape index (κ1) is 9.33. The summed E-state index contributed by atoms with van der Waals surface area (Å²) in [7, 11) is 0. The molecule has 0 N–H and O–H groups in total. The van der Waals surface area contributed by atoms with Crippen LogP contribution in [0.3, 0.4) is 0 Å². The third-order valence-electron chi connectivity index (χ3n) is 2.72. The lowest BCUT2D eigenvalue weighted by atomic mass is 10.0. The first-order chi connectivity index (χ1) is 7.95. The van der Waals surface area contributed by atoms with E-state index in [0.29, 0.717) is 0 Å². The van der Waals surface area contributed by atoms with E-state index in [1.165, 1.54) is 6.33 Å². The predicted molar refractivity (Wildman–Crippen MR) is 56.0 cm³/mol. The van der Waals surface area contributed by atoms with Crippen LogP contribution in [-0.2, 0) is 0 Å². The van der Waals surface area contributed by atoms with Crippen LogP contribution < -0.4 is 4.74 Å². The van der Waals surface area contributed by atoms with E-state index in [9.17, 15) is 0 Å². The fourth-order valence-corrected chi connectivity index (χ4v) is 1.99. The van der Waals surface area contributed by atoms with E-state index in [0.717, 1.165) is 30.8 Å². The molecular formula is C11H11N4O. The number of aromatic nitrogens is 4. The Hall–Kier alpha value is -1.91. The maximum Gasteiger partial charge on any atom is 0.162 e. The Morgan fingerprint density at radius 3 is 3.38 bits per heavy atom. The Morgan fingerprint density at radius 1 is 1.50 bits per heavy atom. The monoisotopic (exact) mass is 215 g/mol. The summed E-state index contributed by atoms with van der Waals surface area (Å²) in [4.78, 5) is 1.64. The van der Waals surface area contributed by atoms with Crippen molar-refractivity contribution in [2.75, 3.05) is 6.61 Å². The van der Waals surface area contributed by atoms with E-state index >= 15 is 0 Å². The molecule has 1 aromatic carbocycles. The molecule has 5 heteroatoms. The van der Waals surface area contributed by atoms with Gasteiger partial charge in [-0.1, -0.05) is 18.2 Å². The lowest BCUT2D eigenvalue weighted by molar-refractivity contribution is 0.313. The van der Waals surface area contributed by atoms with E-state index in [1.54, 1.807) is 4.80 Å². The molecule has 0 saturated carbocycles. The summed E-state index contributed by atoms with van der Waals surface area (Å²) in [6, 6.07) is 9.06. The second-order valence-electron chi connectivity index (χ2n) is 3.72. The normalized spacial score (nSPS) is 19.6. The van der Waals surface area contributed by atoms with Gasteiger partial charge < -0.3 is 4.74 Å². The molecule has 16 heavy (non-hydrogen) atoms. The first-order valence-corrected chi connectivity index (χ1v) is 5.31. The molecule has 2 heterocycles. The highest BCUT2D eigenvalue weighted by Crippen LogP contribution is 2.32. The molecule has 81 valence electrons. The van der Waals surface area contributed by atoms with Crippen molar-refractivity contribution in [1.82, 2.24) is 20.2 Å². The van der Waals surface area contributed by atoms with Gasteiger partial charge in [-0.2, -0.15) is 4.80 Å². The van der Waals surface area contributed by atoms with Gasteiger partial charge in [0, 0.05) is 11.6 Å². The number of rotatable bonds is 1. The summed E-state index contributed by atoms with van der Waals surface area (Å²) in [5, 5.41) is 11.8. The van der Waals surface area contributed by atoms with Gasteiger partial charge in [-0.25, -0.2) is 0 Å². The molecule has 1 aliphatic heterocycles. The van der Waals surface area contributed by atoms with Crippen molar-refractivity contribution in [2.45, 2.75) is 18.9 Å². The van der Waals surface area contributed by atoms with Gasteiger partial charge in [0.25, 0.3) is 0 Å². The Morgan fingerprint density at radius 2 is 2.50 bits per heavy atom. The molecule has 0 amide bonds. The molecule has 3 rings (SSSR count). The fraction of sp³-hybridized carbons (Fsp3) is 0.364. The maximum atomic E-state index is 5.63. The summed E-state index contributed by atoms with van der Waals surface area (Å²) in [5.74, 6) is 0.808. The summed E-state index contributed by atoms with van der Waals surface area (Å²) in [5.41, 5.74) is 1.08. The van der Waals surface area contributed by atoms with Gasteiger partial charge in [0.15, 0.2) is 6.33 Å². The Balaban J connectivity index is 2.06. The fourth-order valence-electron chi connectivity index (χ4n) is 1.99. The second-order valence-corrected chi connectivity index (χ2v) is 3.72. The quantitative estimate of drug-likeness (QED) is 0.718. The van der Waals surface area contributed by atoms with Crippen LogP contribution in [0.15, 0.2) is 24.5 Å². The number of nitrogens with zero attached hydrogens (tertiary/aromatic N) is 4. The summed E-state index contributed by atoms with van der Waals surface area (Å²) in [6.45, 7) is 0.721. The van der Waals surface area contributed by atoms with Crippen LogP contribution in [0.2, 0.25) is 0 Å². The van der Waals surface area contributed by atoms with E-state index in [-0.39, 0.29) is 6.04 Å². The standard InChI is InChI=1S/C11H11N4O/c1-2-6-11-9(4-1)10(5-3-7-16-11)15-13-8-12-14-15/h1-2,4,8,10H,3,5,7H2. The number of ether oxygens (including phenoxy) is 1. The van der Waals surface area contributed by atoms with Crippen LogP contribution in [-0.4, -0.2) is 26.8 Å². The molecule has 0 aliphatic carbocycles. The molecule has 1 atom stereocenters. The topological polar surface area (TPSA) is 52.8 Å². The van der Waals surface area contributed by atoms with E-state index < -0.39 is 0 Å². The zero-order valence-electron chi connectivity index (χ0n) is 8.71. The maximum absolute atomic E-state index is 5.63. The smallest absolute Gasteiger partial charge is 0.162 e. The van der Waals surface area contributed by atoms with Gasteiger partial charge in [-0.15, -0.1) is 10.2 Å². The average Bonchev–Trinajstić information content (AvgIpc) is 2.76. The molecule has 1 unspecified atom stereocenters. The van der Waals surface area contributed by atoms with Gasteiger partial charge in [0.1, 0.15) is 11.8 Å². The zero-order chi connectivity index (χ0) is 10.8. The molecule has 0 spiro atoms. The predicted octanol–water partition coefficient (Wildman–Crippen LogP) is 1.24. The Bertz CT molecular complexity index is 469. The molecule has 1 aromatic heterocycles. The molecule has 1 radical (unpaired) electrons. The number of tetrazole rings is 1. The number of benzene rings is 1. The molecule has 5 nitrogen and oxygen atoms in total. The van der Waals surface area contributed by atoms with Crippen molar-refractivity contribution in [3.8, 4) is 5.75 Å². The third kappa shape index (κ3) is 1.54. The van der Waals surface area contributed by atoms with Crippen LogP contribution in [0.4, 0.5) is 0 Å². The summed E-state index contributed by atoms with van der Waals surface area (Å²) < 4.78 is 5.63. The SMILES string of the molecule is [c]1cccc2c1OCCCC2n1ncnn1. The van der Waals surface area contributed by atoms with Crippen LogP contribution in [0.5, 0.6) is 5.75 Å². The number of hydrogen-bond acceptors (Lipinski definition) is 4. The minimum atomic E-state index is 0.109. The summed E-state index contributed by atoms with van der Waals surface area (Å²) in [6.07, 6.45) is 3.40. The van der Waals surface area contributed by atoms with E-state index in [4.69, 9.17) is 4.74 Å². The highest BCUT2D eigenvalue weighted by molar-refractivity contribution is 5.35. The van der Waals surface area contributed by atoms with Crippen LogP contribution in [0.25, 0.3) is 0 Å². The van der Waals surface area contributed by atoms with Gasteiger partial charge in [-0.05, 0) is 18.1 Å². The van der Waals surface area contributed by atoms with E-state index in [2.05, 4.69) is 21.5 Å². The molecule has 0 fully saturated rings. The number of para-hydroxylation sites is 1. The minimum Gasteiger partial charge on any atom is -0.493 e. The highest BCUT2D eigenvalue weighted by Gasteiger charge is 2.22. The Kier molecular flexibility index (Phi) is 2.29. The minimum absolute atomic E-state index is 0.109. The molecule has 0 saturated heterocycles. The molecule has 2 aromatic rings. The van der Waals surface area contributed by atoms with Crippen molar-refractivity contribution in [3.63, 3.8) is 0 Å². The van der Waals surface area contributed by atoms with E-state index in [1.807, 2.05) is 18.2 Å². The molecule has 1 aliphatic rings. The van der Waals surface area contributed by atoms with Gasteiger partial charge in [0.05, 0.1) is 6.61 Å². The zero-order valence-corrected chi connectivity index (χ0v) is 8.71.